The van der Waals surface area contributed by atoms with Crippen molar-refractivity contribution >= 4 is 12.1 Å². The van der Waals surface area contributed by atoms with Gasteiger partial charge in [-0.2, -0.15) is 8.78 Å². The van der Waals surface area contributed by atoms with Gasteiger partial charge in [0.2, 0.25) is 0 Å². The van der Waals surface area contributed by atoms with Crippen LogP contribution in [0.5, 0.6) is 0 Å². The molecule has 0 saturated heterocycles. The molecule has 1 atom stereocenters. The van der Waals surface area contributed by atoms with Gasteiger partial charge in [-0.25, -0.2) is 4.79 Å². The van der Waals surface area contributed by atoms with E-state index < -0.39 is 30.3 Å². The molecule has 0 bridgehead atoms. The molecule has 0 rings (SSSR count). The number of carboxylic acids is 1. The number of carboxylic acid groups (broad SMARTS) is 1. The first-order valence-electron chi connectivity index (χ1n) is 6.21. The van der Waals surface area contributed by atoms with Crippen LogP contribution in [0.4, 0.5) is 13.6 Å². The molecule has 8 heteroatoms. The Labute approximate surface area is 116 Å². The molecule has 0 fully saturated rings. The molecule has 0 radical (unpaired) electrons. The molecule has 0 aromatic carbocycles. The first-order chi connectivity index (χ1) is 9.10. The lowest BCUT2D eigenvalue weighted by Crippen LogP contribution is -2.40. The smallest absolute Gasteiger partial charge is 0.407 e. The average Bonchev–Trinajstić information content (AvgIpc) is 2.22. The second-order valence-electron chi connectivity index (χ2n) is 5.20. The van der Waals surface area contributed by atoms with Crippen molar-refractivity contribution in [2.45, 2.75) is 58.3 Å². The number of alkyl halides is 2. The summed E-state index contributed by atoms with van der Waals surface area (Å²) in [5, 5.41) is 11.1. The van der Waals surface area contributed by atoms with Crippen LogP contribution in [0.1, 0.15) is 40.0 Å². The molecule has 0 aromatic heterocycles. The lowest BCUT2D eigenvalue weighted by Gasteiger charge is -2.23. The van der Waals surface area contributed by atoms with Crippen LogP contribution in [0.2, 0.25) is 0 Å². The number of rotatable bonds is 8. The number of carbonyl (C=O) groups is 2. The molecule has 0 aliphatic heterocycles. The van der Waals surface area contributed by atoms with Crippen molar-refractivity contribution in [3.63, 3.8) is 0 Å². The zero-order valence-corrected chi connectivity index (χ0v) is 11.8. The summed E-state index contributed by atoms with van der Waals surface area (Å²) in [5.41, 5.74) is -0.694. The van der Waals surface area contributed by atoms with Crippen LogP contribution >= 0.6 is 0 Å². The number of aliphatic carboxylic acids is 1. The maximum atomic E-state index is 11.9. The zero-order chi connectivity index (χ0) is 15.8. The molecular formula is C12H21F2NO5. The second kappa shape index (κ2) is 8.68. The average molecular weight is 297 g/mol. The summed E-state index contributed by atoms with van der Waals surface area (Å²) in [7, 11) is 0. The van der Waals surface area contributed by atoms with E-state index in [1.54, 1.807) is 20.8 Å². The van der Waals surface area contributed by atoms with Crippen LogP contribution in [0.15, 0.2) is 0 Å². The molecule has 0 heterocycles. The van der Waals surface area contributed by atoms with Gasteiger partial charge in [0.05, 0.1) is 6.61 Å². The fraction of sp³-hybridized carbons (Fsp3) is 0.833. The largest absolute Gasteiger partial charge is 0.481 e. The lowest BCUT2D eigenvalue weighted by atomic mass is 10.1. The molecule has 118 valence electrons. The highest BCUT2D eigenvalue weighted by Gasteiger charge is 2.20. The highest BCUT2D eigenvalue weighted by Crippen LogP contribution is 2.09. The number of halogens is 2. The number of hydrogen-bond acceptors (Lipinski definition) is 4. The summed E-state index contributed by atoms with van der Waals surface area (Å²) in [5.74, 6) is -1.03. The molecule has 20 heavy (non-hydrogen) atoms. The fourth-order valence-electron chi connectivity index (χ4n) is 1.36. The number of hydrogen-bond donors (Lipinski definition) is 2. The van der Waals surface area contributed by atoms with Crippen molar-refractivity contribution in [2.24, 2.45) is 0 Å². The van der Waals surface area contributed by atoms with Crippen molar-refractivity contribution in [1.82, 2.24) is 5.32 Å². The van der Waals surface area contributed by atoms with Crippen molar-refractivity contribution < 1.29 is 33.0 Å². The third kappa shape index (κ3) is 11.6. The Balaban J connectivity index is 4.28. The predicted octanol–water partition coefficient (Wildman–Crippen LogP) is 2.37. The van der Waals surface area contributed by atoms with Crippen LogP contribution in [-0.4, -0.2) is 42.0 Å². The van der Waals surface area contributed by atoms with Gasteiger partial charge in [-0.05, 0) is 33.6 Å². The summed E-state index contributed by atoms with van der Waals surface area (Å²) in [4.78, 5) is 22.0. The van der Waals surface area contributed by atoms with E-state index >= 15 is 0 Å². The Morgan fingerprint density at radius 2 is 1.85 bits per heavy atom. The highest BCUT2D eigenvalue weighted by molar-refractivity contribution is 5.69. The van der Waals surface area contributed by atoms with Gasteiger partial charge in [0.1, 0.15) is 5.60 Å². The van der Waals surface area contributed by atoms with Gasteiger partial charge < -0.3 is 19.9 Å². The quantitative estimate of drug-likeness (QED) is 0.718. The first kappa shape index (κ1) is 18.6. The van der Waals surface area contributed by atoms with Crippen LogP contribution in [0, 0.1) is 0 Å². The molecule has 1 unspecified atom stereocenters. The van der Waals surface area contributed by atoms with E-state index in [1.165, 1.54) is 0 Å². The number of ether oxygens (including phenoxy) is 2. The molecular weight excluding hydrogens is 276 g/mol. The molecule has 2 N–H and O–H groups in total. The molecule has 0 saturated carbocycles. The van der Waals surface area contributed by atoms with E-state index in [4.69, 9.17) is 9.84 Å². The predicted molar refractivity (Wildman–Crippen MR) is 66.6 cm³/mol. The normalized spacial score (nSPS) is 13.1. The Kier molecular flexibility index (Phi) is 8.05. The van der Waals surface area contributed by atoms with Crippen molar-refractivity contribution in [3.05, 3.63) is 0 Å². The van der Waals surface area contributed by atoms with Crippen molar-refractivity contribution in [3.8, 4) is 0 Å². The third-order valence-corrected chi connectivity index (χ3v) is 2.14. The summed E-state index contributed by atoms with van der Waals surface area (Å²) < 4.78 is 32.8. The Hall–Kier alpha value is -1.44. The minimum Gasteiger partial charge on any atom is -0.481 e. The van der Waals surface area contributed by atoms with Gasteiger partial charge in [0.25, 0.3) is 0 Å². The molecule has 0 aliphatic carbocycles. The molecule has 0 spiro atoms. The molecule has 0 aromatic rings. The van der Waals surface area contributed by atoms with E-state index in [9.17, 15) is 18.4 Å². The standard InChI is InChI=1S/C12H21F2NO5/c1-12(2,3)20-11(18)15-8(4-5-9(16)17)6-7-19-10(13)14/h8,10H,4-7H2,1-3H3,(H,15,18)(H,16,17). The monoisotopic (exact) mass is 297 g/mol. The number of nitrogens with one attached hydrogen (secondary N) is 1. The summed E-state index contributed by atoms with van der Waals surface area (Å²) in [6, 6.07) is -0.598. The van der Waals surface area contributed by atoms with Crippen LogP contribution in [-0.2, 0) is 14.3 Å². The van der Waals surface area contributed by atoms with Crippen molar-refractivity contribution in [2.75, 3.05) is 6.61 Å². The summed E-state index contributed by atoms with van der Waals surface area (Å²) in [6.45, 7) is 1.87. The summed E-state index contributed by atoms with van der Waals surface area (Å²) >= 11 is 0. The first-order valence-corrected chi connectivity index (χ1v) is 6.21. The van der Waals surface area contributed by atoms with Gasteiger partial charge in [0.15, 0.2) is 0 Å². The van der Waals surface area contributed by atoms with Crippen LogP contribution in [0.3, 0.4) is 0 Å². The van der Waals surface area contributed by atoms with Gasteiger partial charge in [-0.1, -0.05) is 0 Å². The zero-order valence-electron chi connectivity index (χ0n) is 11.8. The van der Waals surface area contributed by atoms with Crippen molar-refractivity contribution in [1.29, 1.82) is 0 Å². The van der Waals surface area contributed by atoms with Crippen LogP contribution < -0.4 is 5.32 Å². The molecule has 6 nitrogen and oxygen atoms in total. The maximum Gasteiger partial charge on any atom is 0.407 e. The third-order valence-electron chi connectivity index (χ3n) is 2.14. The van der Waals surface area contributed by atoms with E-state index in [-0.39, 0.29) is 25.9 Å². The van der Waals surface area contributed by atoms with E-state index in [0.29, 0.717) is 0 Å². The minimum atomic E-state index is -2.89. The highest BCUT2D eigenvalue weighted by atomic mass is 19.3. The molecule has 1 amide bonds. The van der Waals surface area contributed by atoms with Gasteiger partial charge in [-0.3, -0.25) is 4.79 Å². The lowest BCUT2D eigenvalue weighted by molar-refractivity contribution is -0.138. The van der Waals surface area contributed by atoms with Gasteiger partial charge in [0, 0.05) is 12.5 Å². The topological polar surface area (TPSA) is 84.9 Å². The SMILES string of the molecule is CC(C)(C)OC(=O)NC(CCOC(F)F)CCC(=O)O. The minimum absolute atomic E-state index is 0.0802. The molecule has 0 aliphatic rings. The summed E-state index contributed by atoms with van der Waals surface area (Å²) in [6.07, 6.45) is -0.711. The fourth-order valence-corrected chi connectivity index (χ4v) is 1.36. The maximum absolute atomic E-state index is 11.9. The second-order valence-corrected chi connectivity index (χ2v) is 5.20. The van der Waals surface area contributed by atoms with Gasteiger partial charge in [-0.15, -0.1) is 0 Å². The Bertz CT molecular complexity index is 317. The number of amides is 1. The number of alkyl carbamates (subject to hydrolysis) is 1. The van der Waals surface area contributed by atoms with Crippen LogP contribution in [0.25, 0.3) is 0 Å². The van der Waals surface area contributed by atoms with E-state index in [2.05, 4.69) is 10.1 Å². The van der Waals surface area contributed by atoms with Gasteiger partial charge >= 0.3 is 18.7 Å². The van der Waals surface area contributed by atoms with E-state index in [0.717, 1.165) is 0 Å². The Morgan fingerprint density at radius 3 is 2.30 bits per heavy atom. The number of carbonyl (C=O) groups excluding carboxylic acids is 1. The Morgan fingerprint density at radius 1 is 1.25 bits per heavy atom. The van der Waals surface area contributed by atoms with E-state index in [1.807, 2.05) is 0 Å².